The Kier molecular flexibility index (Phi) is 4.22. The Bertz CT molecular complexity index is 801. The number of imidazole rings is 1. The molecule has 0 spiro atoms. The molecule has 24 heavy (non-hydrogen) atoms. The lowest BCUT2D eigenvalue weighted by atomic mass is 10.1. The minimum atomic E-state index is 0.985. The van der Waals surface area contributed by atoms with Crippen molar-refractivity contribution >= 4 is 16.7 Å². The van der Waals surface area contributed by atoms with E-state index in [1.54, 1.807) is 0 Å². The molecule has 1 aliphatic heterocycles. The van der Waals surface area contributed by atoms with Gasteiger partial charge in [-0.15, -0.1) is 0 Å². The van der Waals surface area contributed by atoms with E-state index in [-0.39, 0.29) is 0 Å². The number of hydrogen-bond acceptors (Lipinski definition) is 3. The molecular formula is C20H24N4. The predicted octanol–water partition coefficient (Wildman–Crippen LogP) is 3.24. The molecule has 4 nitrogen and oxygen atoms in total. The van der Waals surface area contributed by atoms with Crippen LogP contribution < -0.4 is 4.90 Å². The maximum Gasteiger partial charge on any atom is 0.112 e. The van der Waals surface area contributed by atoms with Crippen LogP contribution in [0.25, 0.3) is 11.0 Å². The first-order valence-corrected chi connectivity index (χ1v) is 8.76. The fourth-order valence-corrected chi connectivity index (χ4v) is 3.54. The van der Waals surface area contributed by atoms with Crippen LogP contribution in [-0.2, 0) is 6.42 Å². The summed E-state index contributed by atoms with van der Waals surface area (Å²) in [5.74, 6) is 0.985. The van der Waals surface area contributed by atoms with Gasteiger partial charge in [-0.3, -0.25) is 4.90 Å². The number of nitrogens with zero attached hydrogens (tertiary/aromatic N) is 3. The van der Waals surface area contributed by atoms with Crippen molar-refractivity contribution in [2.45, 2.75) is 13.3 Å². The Morgan fingerprint density at radius 3 is 2.54 bits per heavy atom. The van der Waals surface area contributed by atoms with Crippen molar-refractivity contribution in [2.75, 3.05) is 37.6 Å². The zero-order valence-corrected chi connectivity index (χ0v) is 14.2. The van der Waals surface area contributed by atoms with Crippen molar-refractivity contribution < 1.29 is 0 Å². The number of para-hydroxylation sites is 1. The van der Waals surface area contributed by atoms with Crippen molar-refractivity contribution in [3.8, 4) is 0 Å². The monoisotopic (exact) mass is 320 g/mol. The van der Waals surface area contributed by atoms with Gasteiger partial charge in [0.2, 0.25) is 0 Å². The molecule has 0 aliphatic carbocycles. The molecule has 0 radical (unpaired) electrons. The summed E-state index contributed by atoms with van der Waals surface area (Å²) in [6, 6.07) is 17.2. The lowest BCUT2D eigenvalue weighted by molar-refractivity contribution is 0.261. The number of hydrogen-bond donors (Lipinski definition) is 1. The fraction of sp³-hybridized carbons (Fsp3) is 0.350. The van der Waals surface area contributed by atoms with Gasteiger partial charge in [-0.05, 0) is 31.0 Å². The molecule has 1 fully saturated rings. The zero-order chi connectivity index (χ0) is 16.4. The number of aromatic amines is 1. The van der Waals surface area contributed by atoms with E-state index in [9.17, 15) is 0 Å². The summed E-state index contributed by atoms with van der Waals surface area (Å²) in [5, 5.41) is 0. The molecule has 2 aromatic carbocycles. The van der Waals surface area contributed by atoms with E-state index in [2.05, 4.69) is 68.3 Å². The van der Waals surface area contributed by atoms with E-state index < -0.39 is 0 Å². The summed E-state index contributed by atoms with van der Waals surface area (Å²) in [5.41, 5.74) is 4.93. The first-order valence-electron chi connectivity index (χ1n) is 8.76. The maximum atomic E-state index is 4.67. The van der Waals surface area contributed by atoms with Crippen molar-refractivity contribution in [1.29, 1.82) is 0 Å². The van der Waals surface area contributed by atoms with Crippen molar-refractivity contribution in [1.82, 2.24) is 14.9 Å². The summed E-state index contributed by atoms with van der Waals surface area (Å²) >= 11 is 0. The van der Waals surface area contributed by atoms with Gasteiger partial charge < -0.3 is 9.88 Å². The summed E-state index contributed by atoms with van der Waals surface area (Å²) in [6.07, 6.45) is 1.13. The zero-order valence-electron chi connectivity index (χ0n) is 14.2. The van der Waals surface area contributed by atoms with Gasteiger partial charge in [0, 0.05) is 32.7 Å². The molecule has 0 atom stereocenters. The largest absolute Gasteiger partial charge is 0.367 e. The lowest BCUT2D eigenvalue weighted by Crippen LogP contribution is -2.47. The van der Waals surface area contributed by atoms with Gasteiger partial charge in [-0.1, -0.05) is 36.4 Å². The molecule has 0 unspecified atom stereocenters. The molecular weight excluding hydrogens is 296 g/mol. The number of benzene rings is 2. The summed E-state index contributed by atoms with van der Waals surface area (Å²) in [6.45, 7) is 7.54. The van der Waals surface area contributed by atoms with Crippen molar-refractivity contribution in [3.05, 3.63) is 59.9 Å². The second kappa shape index (κ2) is 6.65. The van der Waals surface area contributed by atoms with Crippen LogP contribution in [0.2, 0.25) is 0 Å². The number of rotatable bonds is 4. The standard InChI is InChI=1S/C20H24N4/c1-16-21-18-8-5-9-19(20(18)22-16)24-14-12-23(13-15-24)11-10-17-6-3-2-4-7-17/h2-9H,10-15H2,1H3,(H,21,22). The Morgan fingerprint density at radius 2 is 1.75 bits per heavy atom. The number of anilines is 1. The van der Waals surface area contributed by atoms with Crippen molar-refractivity contribution in [2.24, 2.45) is 0 Å². The first kappa shape index (κ1) is 15.2. The van der Waals surface area contributed by atoms with Crippen LogP contribution in [0.3, 0.4) is 0 Å². The number of aromatic nitrogens is 2. The van der Waals surface area contributed by atoms with Gasteiger partial charge >= 0.3 is 0 Å². The van der Waals surface area contributed by atoms with Gasteiger partial charge in [-0.25, -0.2) is 4.98 Å². The normalized spacial score (nSPS) is 16.0. The molecule has 4 rings (SSSR count). The molecule has 124 valence electrons. The number of nitrogens with one attached hydrogen (secondary N) is 1. The van der Waals surface area contributed by atoms with Crippen molar-refractivity contribution in [3.63, 3.8) is 0 Å². The third kappa shape index (κ3) is 3.15. The molecule has 3 aromatic rings. The van der Waals surface area contributed by atoms with E-state index in [4.69, 9.17) is 0 Å². The highest BCUT2D eigenvalue weighted by Crippen LogP contribution is 2.26. The molecule has 1 aliphatic rings. The topological polar surface area (TPSA) is 35.2 Å². The van der Waals surface area contributed by atoms with E-state index in [1.165, 1.54) is 11.3 Å². The van der Waals surface area contributed by atoms with Crippen LogP contribution in [0, 0.1) is 6.92 Å². The second-order valence-corrected chi connectivity index (χ2v) is 6.56. The number of aryl methyl sites for hydroxylation is 1. The van der Waals surface area contributed by atoms with Crippen LogP contribution in [0.5, 0.6) is 0 Å². The summed E-state index contributed by atoms with van der Waals surface area (Å²) in [4.78, 5) is 13.1. The number of piperazine rings is 1. The average molecular weight is 320 g/mol. The lowest BCUT2D eigenvalue weighted by Gasteiger charge is -2.36. The van der Waals surface area contributed by atoms with Crippen LogP contribution in [0.4, 0.5) is 5.69 Å². The molecule has 0 bridgehead atoms. The van der Waals surface area contributed by atoms with Gasteiger partial charge in [0.1, 0.15) is 11.3 Å². The number of fused-ring (bicyclic) bond motifs is 1. The Morgan fingerprint density at radius 1 is 0.958 bits per heavy atom. The SMILES string of the molecule is Cc1nc2c(N3CCN(CCc4ccccc4)CC3)cccc2[nH]1. The van der Waals surface area contributed by atoms with Crippen LogP contribution in [0.1, 0.15) is 11.4 Å². The van der Waals surface area contributed by atoms with Gasteiger partial charge in [-0.2, -0.15) is 0 Å². The highest BCUT2D eigenvalue weighted by Gasteiger charge is 2.19. The quantitative estimate of drug-likeness (QED) is 0.801. The third-order valence-electron chi connectivity index (χ3n) is 4.88. The minimum absolute atomic E-state index is 0.985. The smallest absolute Gasteiger partial charge is 0.112 e. The molecule has 1 N–H and O–H groups in total. The highest BCUT2D eigenvalue weighted by atomic mass is 15.3. The molecule has 0 saturated carbocycles. The van der Waals surface area contributed by atoms with Crippen LogP contribution >= 0.6 is 0 Å². The first-order chi connectivity index (χ1) is 11.8. The summed E-state index contributed by atoms with van der Waals surface area (Å²) < 4.78 is 0. The Labute approximate surface area is 143 Å². The third-order valence-corrected chi connectivity index (χ3v) is 4.88. The molecule has 2 heterocycles. The Balaban J connectivity index is 1.39. The maximum absolute atomic E-state index is 4.67. The minimum Gasteiger partial charge on any atom is -0.367 e. The van der Waals surface area contributed by atoms with Gasteiger partial charge in [0.15, 0.2) is 0 Å². The summed E-state index contributed by atoms with van der Waals surface area (Å²) in [7, 11) is 0. The molecule has 1 aromatic heterocycles. The molecule has 0 amide bonds. The van der Waals surface area contributed by atoms with Crippen LogP contribution in [-0.4, -0.2) is 47.6 Å². The average Bonchev–Trinajstić information content (AvgIpc) is 3.01. The number of H-pyrrole nitrogens is 1. The fourth-order valence-electron chi connectivity index (χ4n) is 3.54. The molecule has 4 heteroatoms. The van der Waals surface area contributed by atoms with Gasteiger partial charge in [0.25, 0.3) is 0 Å². The van der Waals surface area contributed by atoms with E-state index in [1.807, 2.05) is 6.92 Å². The van der Waals surface area contributed by atoms with E-state index in [0.717, 1.165) is 56.0 Å². The van der Waals surface area contributed by atoms with E-state index >= 15 is 0 Å². The predicted molar refractivity (Wildman–Crippen MR) is 99.6 cm³/mol. The second-order valence-electron chi connectivity index (χ2n) is 6.56. The van der Waals surface area contributed by atoms with Crippen LogP contribution in [0.15, 0.2) is 48.5 Å². The van der Waals surface area contributed by atoms with E-state index in [0.29, 0.717) is 0 Å². The molecule has 1 saturated heterocycles. The Hall–Kier alpha value is -2.33. The highest BCUT2D eigenvalue weighted by molar-refractivity contribution is 5.88. The van der Waals surface area contributed by atoms with Gasteiger partial charge in [0.05, 0.1) is 11.2 Å².